The Morgan fingerprint density at radius 3 is 2.63 bits per heavy atom. The smallest absolute Gasteiger partial charge is 0.261 e. The molecule has 1 heterocycles. The van der Waals surface area contributed by atoms with Gasteiger partial charge in [0.15, 0.2) is 5.38 Å². The summed E-state index contributed by atoms with van der Waals surface area (Å²) in [5.74, 6) is 0.634. The zero-order valence-electron chi connectivity index (χ0n) is 10.6. The second-order valence-electron chi connectivity index (χ2n) is 5.13. The fourth-order valence-corrected chi connectivity index (χ4v) is 2.90. The summed E-state index contributed by atoms with van der Waals surface area (Å²) in [6.07, 6.45) is 3.45. The molecule has 1 aliphatic rings. The van der Waals surface area contributed by atoms with Gasteiger partial charge in [0.05, 0.1) is 0 Å². The SMILES string of the molecule is FC(F)(F)C(Cl)c1cccnc1CCC1CCCC1. The van der Waals surface area contributed by atoms with Crippen molar-refractivity contribution in [2.45, 2.75) is 50.1 Å². The molecule has 1 fully saturated rings. The van der Waals surface area contributed by atoms with E-state index in [0.717, 1.165) is 6.42 Å². The third-order valence-corrected chi connectivity index (χ3v) is 4.23. The monoisotopic (exact) mass is 291 g/mol. The average Bonchev–Trinajstić information content (AvgIpc) is 2.88. The van der Waals surface area contributed by atoms with Crippen molar-refractivity contribution < 1.29 is 13.2 Å². The van der Waals surface area contributed by atoms with Crippen molar-refractivity contribution in [3.63, 3.8) is 0 Å². The predicted molar refractivity (Wildman–Crippen MR) is 69.2 cm³/mol. The molecule has 1 aromatic heterocycles. The normalized spacial score (nSPS) is 18.7. The van der Waals surface area contributed by atoms with Crippen LogP contribution in [0.5, 0.6) is 0 Å². The van der Waals surface area contributed by atoms with Crippen LogP contribution in [0.25, 0.3) is 0 Å². The summed E-state index contributed by atoms with van der Waals surface area (Å²) in [7, 11) is 0. The summed E-state index contributed by atoms with van der Waals surface area (Å²) in [5, 5.41) is -1.96. The van der Waals surface area contributed by atoms with Crippen LogP contribution in [0.2, 0.25) is 0 Å². The van der Waals surface area contributed by atoms with Gasteiger partial charge >= 0.3 is 6.18 Å². The van der Waals surface area contributed by atoms with Crippen LogP contribution in [0, 0.1) is 5.92 Å². The fourth-order valence-electron chi connectivity index (χ4n) is 2.71. The maximum atomic E-state index is 12.7. The van der Waals surface area contributed by atoms with Gasteiger partial charge in [-0.05, 0) is 24.8 Å². The topological polar surface area (TPSA) is 12.9 Å². The first-order valence-electron chi connectivity index (χ1n) is 6.63. The van der Waals surface area contributed by atoms with Gasteiger partial charge < -0.3 is 0 Å². The molecule has 1 nitrogen and oxygen atoms in total. The zero-order chi connectivity index (χ0) is 13.9. The van der Waals surface area contributed by atoms with Crippen LogP contribution in [0.1, 0.15) is 48.7 Å². The van der Waals surface area contributed by atoms with E-state index >= 15 is 0 Å². The van der Waals surface area contributed by atoms with Crippen molar-refractivity contribution >= 4 is 11.6 Å². The molecule has 1 aromatic rings. The van der Waals surface area contributed by atoms with Gasteiger partial charge in [-0.2, -0.15) is 13.2 Å². The number of pyridine rings is 1. The summed E-state index contributed by atoms with van der Waals surface area (Å²) in [6.45, 7) is 0. The lowest BCUT2D eigenvalue weighted by Crippen LogP contribution is -2.18. The third kappa shape index (κ3) is 3.85. The molecule has 0 N–H and O–H groups in total. The Morgan fingerprint density at radius 1 is 1.32 bits per heavy atom. The Bertz CT molecular complexity index is 413. The molecule has 2 rings (SSSR count). The number of rotatable bonds is 4. The molecular weight excluding hydrogens is 275 g/mol. The van der Waals surface area contributed by atoms with Crippen molar-refractivity contribution in [1.82, 2.24) is 4.98 Å². The minimum atomic E-state index is -4.42. The fraction of sp³-hybridized carbons (Fsp3) is 0.643. The Labute approximate surface area is 116 Å². The van der Waals surface area contributed by atoms with Crippen molar-refractivity contribution in [2.24, 2.45) is 5.92 Å². The molecule has 19 heavy (non-hydrogen) atoms. The van der Waals surface area contributed by atoms with E-state index in [1.165, 1.54) is 44.0 Å². The summed E-state index contributed by atoms with van der Waals surface area (Å²) < 4.78 is 38.1. The summed E-state index contributed by atoms with van der Waals surface area (Å²) in [5.41, 5.74) is 0.599. The van der Waals surface area contributed by atoms with E-state index in [4.69, 9.17) is 11.6 Å². The van der Waals surface area contributed by atoms with E-state index in [-0.39, 0.29) is 5.56 Å². The zero-order valence-corrected chi connectivity index (χ0v) is 11.3. The van der Waals surface area contributed by atoms with Crippen LogP contribution in [0.3, 0.4) is 0 Å². The van der Waals surface area contributed by atoms with Crippen LogP contribution in [-0.4, -0.2) is 11.2 Å². The average molecular weight is 292 g/mol. The molecule has 1 saturated carbocycles. The molecule has 1 aliphatic carbocycles. The highest BCUT2D eigenvalue weighted by Gasteiger charge is 2.40. The highest BCUT2D eigenvalue weighted by atomic mass is 35.5. The van der Waals surface area contributed by atoms with Gasteiger partial charge in [-0.25, -0.2) is 0 Å². The predicted octanol–water partition coefficient (Wildman–Crippen LogP) is 5.05. The molecule has 0 amide bonds. The number of nitrogens with zero attached hydrogens (tertiary/aromatic N) is 1. The van der Waals surface area contributed by atoms with Gasteiger partial charge in [0, 0.05) is 17.5 Å². The lowest BCUT2D eigenvalue weighted by molar-refractivity contribution is -0.131. The third-order valence-electron chi connectivity index (χ3n) is 3.75. The van der Waals surface area contributed by atoms with E-state index in [1.807, 2.05) is 0 Å². The molecule has 106 valence electrons. The van der Waals surface area contributed by atoms with Gasteiger partial charge in [-0.3, -0.25) is 4.98 Å². The van der Waals surface area contributed by atoms with E-state index in [0.29, 0.717) is 18.0 Å². The molecule has 1 unspecified atom stereocenters. The highest BCUT2D eigenvalue weighted by Crippen LogP contribution is 2.39. The van der Waals surface area contributed by atoms with E-state index in [2.05, 4.69) is 4.98 Å². The van der Waals surface area contributed by atoms with Crippen molar-refractivity contribution in [3.8, 4) is 0 Å². The van der Waals surface area contributed by atoms with Gasteiger partial charge in [0.1, 0.15) is 0 Å². The minimum Gasteiger partial charge on any atom is -0.261 e. The molecule has 0 aromatic carbocycles. The van der Waals surface area contributed by atoms with Crippen molar-refractivity contribution in [2.75, 3.05) is 0 Å². The number of halogens is 4. The van der Waals surface area contributed by atoms with E-state index in [9.17, 15) is 13.2 Å². The van der Waals surface area contributed by atoms with E-state index in [1.54, 1.807) is 0 Å². The van der Waals surface area contributed by atoms with Gasteiger partial charge in [0.25, 0.3) is 0 Å². The first-order chi connectivity index (χ1) is 8.98. The molecule has 0 saturated heterocycles. The molecule has 0 aliphatic heterocycles. The lowest BCUT2D eigenvalue weighted by atomic mass is 9.97. The van der Waals surface area contributed by atoms with Crippen molar-refractivity contribution in [1.29, 1.82) is 0 Å². The van der Waals surface area contributed by atoms with Crippen LogP contribution in [0.4, 0.5) is 13.2 Å². The number of hydrogen-bond acceptors (Lipinski definition) is 1. The summed E-state index contributed by atoms with van der Waals surface area (Å²) >= 11 is 5.52. The summed E-state index contributed by atoms with van der Waals surface area (Å²) in [6, 6.07) is 2.94. The second kappa shape index (κ2) is 6.12. The molecule has 0 spiro atoms. The highest BCUT2D eigenvalue weighted by molar-refractivity contribution is 6.21. The molecular formula is C14H17ClF3N. The van der Waals surface area contributed by atoms with Gasteiger partial charge in [-0.1, -0.05) is 31.7 Å². The Hall–Kier alpha value is -0.770. The van der Waals surface area contributed by atoms with E-state index < -0.39 is 11.6 Å². The minimum absolute atomic E-state index is 0.106. The standard InChI is InChI=1S/C14H17ClF3N/c15-13(14(16,17)18)11-6-3-9-19-12(11)8-7-10-4-1-2-5-10/h3,6,9-10,13H,1-2,4-5,7-8H2. The summed E-state index contributed by atoms with van der Waals surface area (Å²) in [4.78, 5) is 4.09. The lowest BCUT2D eigenvalue weighted by Gasteiger charge is -2.17. The maximum Gasteiger partial charge on any atom is 0.409 e. The van der Waals surface area contributed by atoms with Crippen LogP contribution in [0.15, 0.2) is 18.3 Å². The Morgan fingerprint density at radius 2 is 2.00 bits per heavy atom. The Kier molecular flexibility index (Phi) is 4.71. The first-order valence-corrected chi connectivity index (χ1v) is 7.06. The van der Waals surface area contributed by atoms with Crippen LogP contribution >= 0.6 is 11.6 Å². The number of aromatic nitrogens is 1. The molecule has 0 bridgehead atoms. The Balaban J connectivity index is 2.07. The van der Waals surface area contributed by atoms with Gasteiger partial charge in [0.2, 0.25) is 0 Å². The molecule has 0 radical (unpaired) electrons. The second-order valence-corrected chi connectivity index (χ2v) is 5.57. The molecule has 1 atom stereocenters. The van der Waals surface area contributed by atoms with Crippen LogP contribution in [-0.2, 0) is 6.42 Å². The van der Waals surface area contributed by atoms with Gasteiger partial charge in [-0.15, -0.1) is 11.6 Å². The molecule has 5 heteroatoms. The van der Waals surface area contributed by atoms with Crippen LogP contribution < -0.4 is 0 Å². The maximum absolute atomic E-state index is 12.7. The van der Waals surface area contributed by atoms with Crippen molar-refractivity contribution in [3.05, 3.63) is 29.6 Å². The number of alkyl halides is 4. The number of hydrogen-bond donors (Lipinski definition) is 0. The number of aryl methyl sites for hydroxylation is 1. The quantitative estimate of drug-likeness (QED) is 0.708. The first kappa shape index (κ1) is 14.6. The largest absolute Gasteiger partial charge is 0.409 e.